The summed E-state index contributed by atoms with van der Waals surface area (Å²) in [5, 5.41) is 7.56. The maximum atomic E-state index is 12.1. The van der Waals surface area contributed by atoms with Crippen LogP contribution in [0.2, 0.25) is 0 Å². The molecule has 0 spiro atoms. The molecule has 0 aliphatic carbocycles. The topological polar surface area (TPSA) is 90.5 Å². The minimum atomic E-state index is -0.633. The zero-order valence-corrected chi connectivity index (χ0v) is 13.4. The average molecular weight is 318 g/mol. The van der Waals surface area contributed by atoms with Crippen molar-refractivity contribution in [2.24, 2.45) is 0 Å². The molecule has 1 aromatic rings. The Morgan fingerprint density at radius 3 is 2.61 bits per heavy atom. The van der Waals surface area contributed by atoms with Gasteiger partial charge in [0, 0.05) is 20.1 Å². The van der Waals surface area contributed by atoms with Crippen LogP contribution in [-0.2, 0) is 22.6 Å². The summed E-state index contributed by atoms with van der Waals surface area (Å²) < 4.78 is 0. The van der Waals surface area contributed by atoms with Gasteiger partial charge in [-0.1, -0.05) is 24.3 Å². The number of hydrogen-bond acceptors (Lipinski definition) is 3. The first-order valence-corrected chi connectivity index (χ1v) is 7.61. The van der Waals surface area contributed by atoms with Crippen molar-refractivity contribution in [3.63, 3.8) is 0 Å². The second-order valence-electron chi connectivity index (χ2n) is 5.50. The van der Waals surface area contributed by atoms with Crippen molar-refractivity contribution < 1.29 is 14.4 Å². The Bertz CT molecular complexity index is 603. The Morgan fingerprint density at radius 2 is 1.91 bits per heavy atom. The third-order valence-corrected chi connectivity index (χ3v) is 3.84. The van der Waals surface area contributed by atoms with Gasteiger partial charge < -0.3 is 20.9 Å². The van der Waals surface area contributed by atoms with E-state index in [9.17, 15) is 14.4 Å². The van der Waals surface area contributed by atoms with Gasteiger partial charge in [0.05, 0.1) is 6.54 Å². The summed E-state index contributed by atoms with van der Waals surface area (Å²) in [4.78, 5) is 36.9. The van der Waals surface area contributed by atoms with E-state index in [1.165, 1.54) is 12.6 Å². The van der Waals surface area contributed by atoms with E-state index in [1.807, 2.05) is 18.2 Å². The molecular weight excluding hydrogens is 296 g/mol. The van der Waals surface area contributed by atoms with Crippen LogP contribution in [-0.4, -0.2) is 48.9 Å². The van der Waals surface area contributed by atoms with Crippen LogP contribution in [0.15, 0.2) is 24.3 Å². The Hall–Kier alpha value is -2.57. The minimum absolute atomic E-state index is 0.154. The average Bonchev–Trinajstić information content (AvgIpc) is 2.58. The van der Waals surface area contributed by atoms with E-state index in [-0.39, 0.29) is 18.5 Å². The second kappa shape index (κ2) is 7.62. The van der Waals surface area contributed by atoms with Gasteiger partial charge in [0.15, 0.2) is 0 Å². The van der Waals surface area contributed by atoms with Crippen LogP contribution in [0.25, 0.3) is 0 Å². The van der Waals surface area contributed by atoms with Gasteiger partial charge >= 0.3 is 6.03 Å². The number of benzene rings is 1. The number of hydrogen-bond donors (Lipinski definition) is 3. The molecule has 1 atom stereocenters. The number of fused-ring (bicyclic) bond motifs is 1. The van der Waals surface area contributed by atoms with Gasteiger partial charge in [-0.05, 0) is 24.5 Å². The lowest BCUT2D eigenvalue weighted by atomic mass is 10.0. The lowest BCUT2D eigenvalue weighted by molar-refractivity contribution is -0.127. The fourth-order valence-electron chi connectivity index (χ4n) is 2.51. The number of nitrogens with one attached hydrogen (secondary N) is 3. The second-order valence-corrected chi connectivity index (χ2v) is 5.50. The molecule has 0 aromatic heterocycles. The van der Waals surface area contributed by atoms with Gasteiger partial charge in [0.1, 0.15) is 6.04 Å². The summed E-state index contributed by atoms with van der Waals surface area (Å²) in [5.74, 6) is -0.677. The van der Waals surface area contributed by atoms with Gasteiger partial charge in [-0.3, -0.25) is 9.59 Å². The van der Waals surface area contributed by atoms with Gasteiger partial charge in [-0.15, -0.1) is 0 Å². The van der Waals surface area contributed by atoms with Crippen molar-refractivity contribution >= 4 is 17.8 Å². The maximum Gasteiger partial charge on any atom is 0.318 e. The Kier molecular flexibility index (Phi) is 5.56. The number of carbonyl (C=O) groups is 3. The summed E-state index contributed by atoms with van der Waals surface area (Å²) >= 11 is 0. The molecule has 1 aliphatic heterocycles. The Balaban J connectivity index is 1.79. The fraction of sp³-hybridized carbons (Fsp3) is 0.438. The maximum absolute atomic E-state index is 12.1. The molecule has 1 aromatic carbocycles. The highest BCUT2D eigenvalue weighted by Crippen LogP contribution is 2.18. The minimum Gasteiger partial charge on any atom is -0.357 e. The first-order chi connectivity index (χ1) is 11.0. The van der Waals surface area contributed by atoms with E-state index < -0.39 is 11.9 Å². The number of amides is 4. The molecule has 0 radical (unpaired) electrons. The molecule has 0 bridgehead atoms. The molecule has 7 nitrogen and oxygen atoms in total. The summed E-state index contributed by atoms with van der Waals surface area (Å²) in [5.41, 5.74) is 2.39. The SMILES string of the molecule is CNC(=O)[C@H](C)NC(=O)CNC(=O)N1CCc2ccccc2C1. The molecule has 7 heteroatoms. The van der Waals surface area contributed by atoms with Gasteiger partial charge in [0.25, 0.3) is 0 Å². The number of rotatable bonds is 4. The zero-order chi connectivity index (χ0) is 16.8. The molecule has 1 aliphatic rings. The van der Waals surface area contributed by atoms with Crippen molar-refractivity contribution in [2.45, 2.75) is 25.9 Å². The summed E-state index contributed by atoms with van der Waals surface area (Å²) in [6, 6.07) is 7.11. The third kappa shape index (κ3) is 4.45. The van der Waals surface area contributed by atoms with Crippen molar-refractivity contribution in [1.29, 1.82) is 0 Å². The summed E-state index contributed by atoms with van der Waals surface area (Å²) in [7, 11) is 1.50. The van der Waals surface area contributed by atoms with E-state index in [1.54, 1.807) is 11.8 Å². The van der Waals surface area contributed by atoms with E-state index in [2.05, 4.69) is 22.0 Å². The Morgan fingerprint density at radius 1 is 1.22 bits per heavy atom. The highest BCUT2D eigenvalue weighted by Gasteiger charge is 2.21. The van der Waals surface area contributed by atoms with E-state index in [0.29, 0.717) is 13.1 Å². The smallest absolute Gasteiger partial charge is 0.318 e. The van der Waals surface area contributed by atoms with Crippen LogP contribution in [0, 0.1) is 0 Å². The van der Waals surface area contributed by atoms with Crippen LogP contribution in [0.5, 0.6) is 0 Å². The van der Waals surface area contributed by atoms with Crippen LogP contribution in [0.3, 0.4) is 0 Å². The first kappa shape index (κ1) is 16.8. The Labute approximate surface area is 135 Å². The first-order valence-electron chi connectivity index (χ1n) is 7.61. The van der Waals surface area contributed by atoms with E-state index in [0.717, 1.165) is 12.0 Å². The van der Waals surface area contributed by atoms with Crippen molar-refractivity contribution in [3.05, 3.63) is 35.4 Å². The highest BCUT2D eigenvalue weighted by atomic mass is 16.2. The standard InChI is InChI=1S/C16H22N4O3/c1-11(15(22)17-2)19-14(21)9-18-16(23)20-8-7-12-5-3-4-6-13(12)10-20/h3-6,11H,7-10H2,1-2H3,(H,17,22)(H,18,23)(H,19,21)/t11-/m0/s1. The number of nitrogens with zero attached hydrogens (tertiary/aromatic N) is 1. The molecule has 0 saturated heterocycles. The molecule has 4 amide bonds. The number of urea groups is 1. The monoisotopic (exact) mass is 318 g/mol. The summed E-state index contributed by atoms with van der Waals surface area (Å²) in [6.07, 6.45) is 0.809. The van der Waals surface area contributed by atoms with Crippen LogP contribution in [0.1, 0.15) is 18.1 Å². The molecule has 0 fully saturated rings. The summed E-state index contributed by atoms with van der Waals surface area (Å²) in [6.45, 7) is 2.59. The highest BCUT2D eigenvalue weighted by molar-refractivity contribution is 5.89. The van der Waals surface area contributed by atoms with Crippen molar-refractivity contribution in [1.82, 2.24) is 20.9 Å². The molecular formula is C16H22N4O3. The molecule has 23 heavy (non-hydrogen) atoms. The molecule has 0 unspecified atom stereocenters. The zero-order valence-electron chi connectivity index (χ0n) is 13.4. The largest absolute Gasteiger partial charge is 0.357 e. The molecule has 3 N–H and O–H groups in total. The van der Waals surface area contributed by atoms with Crippen LogP contribution < -0.4 is 16.0 Å². The molecule has 0 saturated carbocycles. The van der Waals surface area contributed by atoms with E-state index in [4.69, 9.17) is 0 Å². The van der Waals surface area contributed by atoms with Crippen LogP contribution in [0.4, 0.5) is 4.79 Å². The molecule has 124 valence electrons. The van der Waals surface area contributed by atoms with Crippen molar-refractivity contribution in [3.8, 4) is 0 Å². The molecule has 2 rings (SSSR count). The van der Waals surface area contributed by atoms with Crippen LogP contribution >= 0.6 is 0 Å². The normalized spacial score (nSPS) is 14.4. The lowest BCUT2D eigenvalue weighted by Gasteiger charge is -2.28. The lowest BCUT2D eigenvalue weighted by Crippen LogP contribution is -2.49. The third-order valence-electron chi connectivity index (χ3n) is 3.84. The molecule has 1 heterocycles. The quantitative estimate of drug-likeness (QED) is 0.730. The predicted octanol–water partition coefficient (Wildman–Crippen LogP) is 0.00500. The number of carbonyl (C=O) groups excluding carboxylic acids is 3. The predicted molar refractivity (Wildman–Crippen MR) is 85.6 cm³/mol. The number of likely N-dealkylation sites (N-methyl/N-ethyl adjacent to an activating group) is 1. The van der Waals surface area contributed by atoms with Gasteiger partial charge in [0.2, 0.25) is 11.8 Å². The van der Waals surface area contributed by atoms with Crippen molar-refractivity contribution in [2.75, 3.05) is 20.1 Å². The fourth-order valence-corrected chi connectivity index (χ4v) is 2.51. The van der Waals surface area contributed by atoms with Gasteiger partial charge in [-0.25, -0.2) is 4.79 Å². The van der Waals surface area contributed by atoms with Gasteiger partial charge in [-0.2, -0.15) is 0 Å². The van der Waals surface area contributed by atoms with E-state index >= 15 is 0 Å².